The molecular weight excluding hydrogens is 298 g/mol. The van der Waals surface area contributed by atoms with Crippen LogP contribution in [-0.4, -0.2) is 24.5 Å². The van der Waals surface area contributed by atoms with Gasteiger partial charge in [-0.15, -0.1) is 0 Å². The summed E-state index contributed by atoms with van der Waals surface area (Å²) in [6.07, 6.45) is 0. The molecule has 0 radical (unpaired) electrons. The Kier molecular flexibility index (Phi) is 5.34. The molecule has 5 heteroatoms. The van der Waals surface area contributed by atoms with Crippen molar-refractivity contribution in [2.75, 3.05) is 6.61 Å². The molecule has 98 valence electrons. The standard InChI is InChI=1S/C13H16BrNO3/c1-4-18-13(17)9(3)15-12(16)10-7-8(2)5-6-11(10)14/h5-7,9H,4H2,1-3H3,(H,15,16). The van der Waals surface area contributed by atoms with Crippen LogP contribution in [0.25, 0.3) is 0 Å². The van der Waals surface area contributed by atoms with Gasteiger partial charge >= 0.3 is 5.97 Å². The Morgan fingerprint density at radius 3 is 2.72 bits per heavy atom. The van der Waals surface area contributed by atoms with Gasteiger partial charge in [0.2, 0.25) is 0 Å². The minimum Gasteiger partial charge on any atom is -0.464 e. The maximum atomic E-state index is 12.0. The Morgan fingerprint density at radius 1 is 1.44 bits per heavy atom. The van der Waals surface area contributed by atoms with E-state index < -0.39 is 12.0 Å². The third kappa shape index (κ3) is 3.84. The second kappa shape index (κ2) is 6.54. The van der Waals surface area contributed by atoms with Crippen molar-refractivity contribution in [1.29, 1.82) is 0 Å². The Hall–Kier alpha value is -1.36. The molecule has 1 N–H and O–H groups in total. The largest absolute Gasteiger partial charge is 0.464 e. The molecule has 1 aromatic rings. The van der Waals surface area contributed by atoms with Crippen LogP contribution in [0, 0.1) is 6.92 Å². The first-order valence-corrected chi connectivity index (χ1v) is 6.48. The van der Waals surface area contributed by atoms with Crippen LogP contribution in [0.15, 0.2) is 22.7 Å². The molecule has 18 heavy (non-hydrogen) atoms. The Labute approximate surface area is 115 Å². The van der Waals surface area contributed by atoms with E-state index in [9.17, 15) is 9.59 Å². The van der Waals surface area contributed by atoms with Crippen molar-refractivity contribution in [3.8, 4) is 0 Å². The van der Waals surface area contributed by atoms with Crippen molar-refractivity contribution < 1.29 is 14.3 Å². The quantitative estimate of drug-likeness (QED) is 0.869. The maximum Gasteiger partial charge on any atom is 0.328 e. The molecule has 0 heterocycles. The summed E-state index contributed by atoms with van der Waals surface area (Å²) in [5.41, 5.74) is 1.48. The molecule has 0 aliphatic heterocycles. The average molecular weight is 314 g/mol. The molecule has 1 unspecified atom stereocenters. The molecule has 4 nitrogen and oxygen atoms in total. The lowest BCUT2D eigenvalue weighted by Gasteiger charge is -2.13. The van der Waals surface area contributed by atoms with Crippen LogP contribution in [0.4, 0.5) is 0 Å². The molecule has 1 atom stereocenters. The summed E-state index contributed by atoms with van der Waals surface area (Å²) in [4.78, 5) is 23.4. The first-order chi connectivity index (χ1) is 8.45. The number of aryl methyl sites for hydroxylation is 1. The van der Waals surface area contributed by atoms with Gasteiger partial charge in [-0.2, -0.15) is 0 Å². The fourth-order valence-corrected chi connectivity index (χ4v) is 1.84. The van der Waals surface area contributed by atoms with Gasteiger partial charge in [0.05, 0.1) is 12.2 Å². The lowest BCUT2D eigenvalue weighted by molar-refractivity contribution is -0.144. The van der Waals surface area contributed by atoms with Gasteiger partial charge in [0, 0.05) is 4.47 Å². The number of benzene rings is 1. The van der Waals surface area contributed by atoms with Crippen LogP contribution in [-0.2, 0) is 9.53 Å². The van der Waals surface area contributed by atoms with Crippen LogP contribution in [0.5, 0.6) is 0 Å². The van der Waals surface area contributed by atoms with Crippen LogP contribution >= 0.6 is 15.9 Å². The SMILES string of the molecule is CCOC(=O)C(C)NC(=O)c1cc(C)ccc1Br. The summed E-state index contributed by atoms with van der Waals surface area (Å²) < 4.78 is 5.52. The van der Waals surface area contributed by atoms with Crippen LogP contribution in [0.1, 0.15) is 29.8 Å². The van der Waals surface area contributed by atoms with Crippen molar-refractivity contribution in [3.05, 3.63) is 33.8 Å². The van der Waals surface area contributed by atoms with Gasteiger partial charge < -0.3 is 10.1 Å². The molecule has 0 aromatic heterocycles. The second-order valence-electron chi connectivity index (χ2n) is 3.93. The first kappa shape index (κ1) is 14.7. The van der Waals surface area contributed by atoms with Crippen LogP contribution in [0.3, 0.4) is 0 Å². The number of halogens is 1. The van der Waals surface area contributed by atoms with Crippen molar-refractivity contribution in [3.63, 3.8) is 0 Å². The molecule has 0 aliphatic carbocycles. The second-order valence-corrected chi connectivity index (χ2v) is 4.78. The molecule has 0 saturated carbocycles. The van der Waals surface area contributed by atoms with E-state index in [0.29, 0.717) is 16.6 Å². The average Bonchev–Trinajstić information content (AvgIpc) is 2.32. The number of amides is 1. The first-order valence-electron chi connectivity index (χ1n) is 5.69. The summed E-state index contributed by atoms with van der Waals surface area (Å²) in [6, 6.07) is 4.80. The van der Waals surface area contributed by atoms with Crippen molar-refractivity contribution >= 4 is 27.8 Å². The van der Waals surface area contributed by atoms with Gasteiger partial charge in [-0.25, -0.2) is 4.79 Å². The molecule has 1 amide bonds. The summed E-state index contributed by atoms with van der Waals surface area (Å²) in [5, 5.41) is 2.61. The Balaban J connectivity index is 2.76. The monoisotopic (exact) mass is 313 g/mol. The summed E-state index contributed by atoms with van der Waals surface area (Å²) in [5.74, 6) is -0.735. The number of ether oxygens (including phenoxy) is 1. The Morgan fingerprint density at radius 2 is 2.11 bits per heavy atom. The summed E-state index contributed by atoms with van der Waals surface area (Å²) >= 11 is 3.31. The zero-order valence-corrected chi connectivity index (χ0v) is 12.2. The van der Waals surface area contributed by atoms with Crippen LogP contribution < -0.4 is 5.32 Å². The van der Waals surface area contributed by atoms with E-state index in [4.69, 9.17) is 4.74 Å². The van der Waals surface area contributed by atoms with Crippen molar-refractivity contribution in [2.24, 2.45) is 0 Å². The maximum absolute atomic E-state index is 12.0. The summed E-state index contributed by atoms with van der Waals surface area (Å²) in [6.45, 7) is 5.52. The predicted molar refractivity (Wildman–Crippen MR) is 72.4 cm³/mol. The highest BCUT2D eigenvalue weighted by Crippen LogP contribution is 2.18. The molecular formula is C13H16BrNO3. The minimum atomic E-state index is -0.662. The van der Waals surface area contributed by atoms with Crippen molar-refractivity contribution in [2.45, 2.75) is 26.8 Å². The third-order valence-electron chi connectivity index (χ3n) is 2.35. The Bertz CT molecular complexity index is 460. The molecule has 0 fully saturated rings. The number of esters is 1. The lowest BCUT2D eigenvalue weighted by Crippen LogP contribution is -2.39. The van der Waals surface area contributed by atoms with Crippen LogP contribution in [0.2, 0.25) is 0 Å². The number of hydrogen-bond acceptors (Lipinski definition) is 3. The zero-order valence-electron chi connectivity index (χ0n) is 10.6. The molecule has 0 aliphatic rings. The predicted octanol–water partition coefficient (Wildman–Crippen LogP) is 2.44. The van der Waals surface area contributed by atoms with E-state index >= 15 is 0 Å². The summed E-state index contributed by atoms with van der Waals surface area (Å²) in [7, 11) is 0. The van der Waals surface area contributed by atoms with E-state index in [0.717, 1.165) is 5.56 Å². The number of carbonyl (C=O) groups excluding carboxylic acids is 2. The van der Waals surface area contributed by atoms with Gasteiger partial charge in [-0.1, -0.05) is 11.6 Å². The molecule has 1 rings (SSSR count). The zero-order chi connectivity index (χ0) is 13.7. The fraction of sp³-hybridized carbons (Fsp3) is 0.385. The smallest absolute Gasteiger partial charge is 0.328 e. The van der Waals surface area contributed by atoms with E-state index in [1.165, 1.54) is 0 Å². The van der Waals surface area contributed by atoms with Gasteiger partial charge in [0.1, 0.15) is 6.04 Å². The van der Waals surface area contributed by atoms with Gasteiger partial charge in [0.15, 0.2) is 0 Å². The lowest BCUT2D eigenvalue weighted by atomic mass is 10.1. The number of nitrogens with one attached hydrogen (secondary N) is 1. The van der Waals surface area contributed by atoms with E-state index in [2.05, 4.69) is 21.2 Å². The molecule has 0 bridgehead atoms. The van der Waals surface area contributed by atoms with Gasteiger partial charge in [-0.3, -0.25) is 4.79 Å². The van der Waals surface area contributed by atoms with Crippen molar-refractivity contribution in [1.82, 2.24) is 5.32 Å². The van der Waals surface area contributed by atoms with Gasteiger partial charge in [0.25, 0.3) is 5.91 Å². The third-order valence-corrected chi connectivity index (χ3v) is 3.05. The highest BCUT2D eigenvalue weighted by molar-refractivity contribution is 9.10. The normalized spacial score (nSPS) is 11.8. The molecule has 1 aromatic carbocycles. The number of rotatable bonds is 4. The van der Waals surface area contributed by atoms with E-state index in [1.807, 2.05) is 13.0 Å². The van der Waals surface area contributed by atoms with E-state index in [1.54, 1.807) is 26.0 Å². The molecule has 0 spiro atoms. The highest BCUT2D eigenvalue weighted by Gasteiger charge is 2.18. The highest BCUT2D eigenvalue weighted by atomic mass is 79.9. The minimum absolute atomic E-state index is 0.299. The number of hydrogen-bond donors (Lipinski definition) is 1. The molecule has 0 saturated heterocycles. The number of carbonyl (C=O) groups is 2. The topological polar surface area (TPSA) is 55.4 Å². The fourth-order valence-electron chi connectivity index (χ4n) is 1.41. The van der Waals surface area contributed by atoms with Gasteiger partial charge in [-0.05, 0) is 48.8 Å². The van der Waals surface area contributed by atoms with E-state index in [-0.39, 0.29) is 5.91 Å².